The number of nitrogens with two attached hydrogens (primary N) is 1. The van der Waals surface area contributed by atoms with Crippen molar-refractivity contribution in [3.63, 3.8) is 0 Å². The number of carbonyl (C=O) groups excluding carboxylic acids is 1. The van der Waals surface area contributed by atoms with Crippen LogP contribution in [0.3, 0.4) is 0 Å². The second-order valence-corrected chi connectivity index (χ2v) is 6.03. The number of halogens is 2. The van der Waals surface area contributed by atoms with Gasteiger partial charge >= 0.3 is 6.03 Å². The van der Waals surface area contributed by atoms with Crippen LogP contribution in [0.25, 0.3) is 11.5 Å². The zero-order valence-corrected chi connectivity index (χ0v) is 14.8. The Bertz CT molecular complexity index is 1140. The summed E-state index contributed by atoms with van der Waals surface area (Å²) in [4.78, 5) is 21.7. The predicted octanol–water partition coefficient (Wildman–Crippen LogP) is 2.24. The number of imidazole rings is 1. The molecular formula is C14H10Cl2N10O. The van der Waals surface area contributed by atoms with Crippen molar-refractivity contribution in [2.45, 2.75) is 0 Å². The minimum Gasteiger partial charge on any atom is -0.394 e. The first-order chi connectivity index (χ1) is 13.0. The highest BCUT2D eigenvalue weighted by atomic mass is 35.5. The van der Waals surface area contributed by atoms with Gasteiger partial charge in [-0.3, -0.25) is 0 Å². The first kappa shape index (κ1) is 17.0. The lowest BCUT2D eigenvalue weighted by Gasteiger charge is -2.10. The summed E-state index contributed by atoms with van der Waals surface area (Å²) in [5.74, 6) is 0.336. The molecule has 0 radical (unpaired) electrons. The van der Waals surface area contributed by atoms with Crippen LogP contribution in [0.15, 0.2) is 37.1 Å². The first-order valence-corrected chi connectivity index (χ1v) is 8.16. The minimum absolute atomic E-state index is 0.225. The number of rotatable bonds is 3. The van der Waals surface area contributed by atoms with Gasteiger partial charge in [-0.15, -0.1) is 4.80 Å². The number of nitrogens with one attached hydrogen (secondary N) is 2. The maximum Gasteiger partial charge on any atom is 0.323 e. The van der Waals surface area contributed by atoms with Gasteiger partial charge in [-0.25, -0.2) is 19.3 Å². The van der Waals surface area contributed by atoms with E-state index < -0.39 is 6.03 Å². The number of nitrogen functional groups attached to an aromatic ring is 1. The molecule has 11 nitrogen and oxygen atoms in total. The van der Waals surface area contributed by atoms with Crippen molar-refractivity contribution >= 4 is 51.9 Å². The highest BCUT2D eigenvalue weighted by molar-refractivity contribution is 6.32. The Labute approximate surface area is 161 Å². The largest absolute Gasteiger partial charge is 0.394 e. The summed E-state index contributed by atoms with van der Waals surface area (Å²) in [6.45, 7) is 0. The summed E-state index contributed by atoms with van der Waals surface area (Å²) in [6, 6.07) is 0.958. The van der Waals surface area contributed by atoms with Gasteiger partial charge in [0, 0.05) is 0 Å². The number of hydrogen-bond acceptors (Lipinski definition) is 7. The average Bonchev–Trinajstić information content (AvgIpc) is 3.27. The fourth-order valence-electron chi connectivity index (χ4n) is 2.28. The molecule has 0 fully saturated rings. The molecule has 0 aliphatic carbocycles. The fraction of sp³-hybridized carbons (Fsp3) is 0. The van der Waals surface area contributed by atoms with E-state index in [1.165, 1.54) is 46.4 Å². The Kier molecular flexibility index (Phi) is 4.22. The van der Waals surface area contributed by atoms with Crippen LogP contribution in [0.2, 0.25) is 10.2 Å². The molecule has 13 heteroatoms. The average molecular weight is 405 g/mol. The van der Waals surface area contributed by atoms with Crippen LogP contribution in [0.5, 0.6) is 0 Å². The molecule has 0 atom stereocenters. The maximum atomic E-state index is 12.2. The Morgan fingerprint density at radius 1 is 1.11 bits per heavy atom. The zero-order chi connectivity index (χ0) is 19.0. The second-order valence-electron chi connectivity index (χ2n) is 5.23. The van der Waals surface area contributed by atoms with E-state index >= 15 is 0 Å². The Hall–Kier alpha value is -3.44. The molecule has 4 N–H and O–H groups in total. The summed E-state index contributed by atoms with van der Waals surface area (Å²) < 4.78 is 1.41. The Balaban J connectivity index is 1.51. The van der Waals surface area contributed by atoms with E-state index in [1.54, 1.807) is 0 Å². The van der Waals surface area contributed by atoms with Crippen molar-refractivity contribution in [1.82, 2.24) is 34.6 Å². The number of carbonyl (C=O) groups is 1. The molecule has 0 aliphatic heterocycles. The molecule has 4 aromatic heterocycles. The summed E-state index contributed by atoms with van der Waals surface area (Å²) in [7, 11) is 0. The normalized spacial score (nSPS) is 10.9. The van der Waals surface area contributed by atoms with Crippen molar-refractivity contribution in [2.75, 3.05) is 16.4 Å². The zero-order valence-electron chi connectivity index (χ0n) is 13.3. The minimum atomic E-state index is -0.562. The molecule has 27 heavy (non-hydrogen) atoms. The van der Waals surface area contributed by atoms with E-state index in [0.29, 0.717) is 17.2 Å². The molecule has 0 aliphatic rings. The van der Waals surface area contributed by atoms with Gasteiger partial charge in [-0.05, 0) is 6.07 Å². The van der Waals surface area contributed by atoms with Crippen molar-refractivity contribution in [1.29, 1.82) is 0 Å². The third kappa shape index (κ3) is 3.32. The lowest BCUT2D eigenvalue weighted by molar-refractivity contribution is 0.262. The highest BCUT2D eigenvalue weighted by Crippen LogP contribution is 2.24. The predicted molar refractivity (Wildman–Crippen MR) is 99.2 cm³/mol. The summed E-state index contributed by atoms with van der Waals surface area (Å²) in [5.41, 5.74) is 7.20. The van der Waals surface area contributed by atoms with Crippen molar-refractivity contribution in [3.8, 4) is 5.82 Å². The van der Waals surface area contributed by atoms with Crippen LogP contribution >= 0.6 is 23.2 Å². The Morgan fingerprint density at radius 2 is 1.89 bits per heavy atom. The number of fused-ring (bicyclic) bond motifs is 1. The molecule has 0 bridgehead atoms. The molecule has 4 aromatic rings. The molecule has 2 amide bonds. The first-order valence-electron chi connectivity index (χ1n) is 7.41. The van der Waals surface area contributed by atoms with E-state index in [4.69, 9.17) is 28.9 Å². The van der Waals surface area contributed by atoms with E-state index in [2.05, 4.69) is 35.9 Å². The van der Waals surface area contributed by atoms with E-state index in [0.717, 1.165) is 0 Å². The monoisotopic (exact) mass is 404 g/mol. The van der Waals surface area contributed by atoms with Gasteiger partial charge in [-0.1, -0.05) is 23.2 Å². The third-order valence-electron chi connectivity index (χ3n) is 3.44. The highest BCUT2D eigenvalue weighted by Gasteiger charge is 2.13. The molecule has 0 spiro atoms. The molecule has 0 aromatic carbocycles. The number of hydrogen-bond donors (Lipinski definition) is 3. The van der Waals surface area contributed by atoms with Crippen LogP contribution in [0.1, 0.15) is 0 Å². The second kappa shape index (κ2) is 6.70. The topological polar surface area (TPSA) is 141 Å². The fourth-order valence-corrected chi connectivity index (χ4v) is 2.69. The molecule has 136 valence electrons. The van der Waals surface area contributed by atoms with Gasteiger partial charge in [0.05, 0.1) is 47.4 Å². The molecule has 0 unspecified atom stereocenters. The lowest BCUT2D eigenvalue weighted by Crippen LogP contribution is -2.21. The molecule has 4 rings (SSSR count). The number of aromatic nitrogens is 7. The quantitative estimate of drug-likeness (QED) is 0.475. The van der Waals surface area contributed by atoms with E-state index in [-0.39, 0.29) is 21.6 Å². The number of anilines is 3. The van der Waals surface area contributed by atoms with Gasteiger partial charge in [-0.2, -0.15) is 15.3 Å². The van der Waals surface area contributed by atoms with Crippen LogP contribution in [0.4, 0.5) is 21.9 Å². The SMILES string of the molecule is Nc1c(NC(=O)Nc2cnc(-n3nccn3)c(Cl)c2)cnn2cc(Cl)nc12. The lowest BCUT2D eigenvalue weighted by atomic mass is 10.4. The molecule has 4 heterocycles. The van der Waals surface area contributed by atoms with Crippen molar-refractivity contribution < 1.29 is 4.79 Å². The van der Waals surface area contributed by atoms with Crippen LogP contribution in [-0.2, 0) is 0 Å². The number of urea groups is 1. The van der Waals surface area contributed by atoms with Crippen LogP contribution in [-0.4, -0.2) is 40.6 Å². The van der Waals surface area contributed by atoms with Gasteiger partial charge in [0.25, 0.3) is 0 Å². The van der Waals surface area contributed by atoms with Gasteiger partial charge in [0.1, 0.15) is 10.8 Å². The molecule has 0 saturated heterocycles. The van der Waals surface area contributed by atoms with E-state index in [9.17, 15) is 4.79 Å². The smallest absolute Gasteiger partial charge is 0.323 e. The third-order valence-corrected chi connectivity index (χ3v) is 3.90. The molecular weight excluding hydrogens is 395 g/mol. The summed E-state index contributed by atoms with van der Waals surface area (Å²) >= 11 is 12.0. The summed E-state index contributed by atoms with van der Waals surface area (Å²) in [5, 5.41) is 17.7. The number of pyridine rings is 1. The van der Waals surface area contributed by atoms with Crippen molar-refractivity contribution in [3.05, 3.63) is 47.2 Å². The van der Waals surface area contributed by atoms with Gasteiger partial charge in [0.15, 0.2) is 11.5 Å². The van der Waals surface area contributed by atoms with E-state index in [1.807, 2.05) is 0 Å². The summed E-state index contributed by atoms with van der Waals surface area (Å²) in [6.07, 6.45) is 7.31. The van der Waals surface area contributed by atoms with Crippen molar-refractivity contribution in [2.24, 2.45) is 0 Å². The van der Waals surface area contributed by atoms with Gasteiger partial charge < -0.3 is 16.4 Å². The maximum absolute atomic E-state index is 12.2. The standard InChI is InChI=1S/C14H10Cl2N10O/c15-8-3-7(4-18-12(8)26-19-1-2-20-26)22-14(27)23-9-5-21-25-6-10(16)24-13(25)11(9)17/h1-6H,17H2,(H2,22,23,27). The van der Waals surface area contributed by atoms with Gasteiger partial charge in [0.2, 0.25) is 0 Å². The van der Waals surface area contributed by atoms with Crippen LogP contribution in [0, 0.1) is 0 Å². The number of amides is 2. The van der Waals surface area contributed by atoms with Crippen LogP contribution < -0.4 is 16.4 Å². The molecule has 0 saturated carbocycles. The Morgan fingerprint density at radius 3 is 2.63 bits per heavy atom. The number of nitrogens with zero attached hydrogens (tertiary/aromatic N) is 7.